The van der Waals surface area contributed by atoms with Crippen LogP contribution >= 0.6 is 23.2 Å². The minimum absolute atomic E-state index is 0.00476. The summed E-state index contributed by atoms with van der Waals surface area (Å²) in [5.74, 6) is -1.58. The number of rotatable bonds is 4. The second kappa shape index (κ2) is 8.74. The van der Waals surface area contributed by atoms with Crippen LogP contribution in [0.5, 0.6) is 0 Å². The number of likely N-dealkylation sites (tertiary alicyclic amines) is 1. The van der Waals surface area contributed by atoms with Gasteiger partial charge in [0.2, 0.25) is 5.91 Å². The van der Waals surface area contributed by atoms with Gasteiger partial charge < -0.3 is 10.4 Å². The number of anilines is 1. The van der Waals surface area contributed by atoms with Crippen molar-refractivity contribution in [2.24, 2.45) is 5.92 Å². The molecule has 2 N–H and O–H groups in total. The number of pyridine rings is 1. The summed E-state index contributed by atoms with van der Waals surface area (Å²) in [6.07, 6.45) is 3.09. The predicted molar refractivity (Wildman–Crippen MR) is 151 cm³/mol. The summed E-state index contributed by atoms with van der Waals surface area (Å²) < 4.78 is 18.0. The van der Waals surface area contributed by atoms with E-state index in [1.807, 2.05) is 10.7 Å². The van der Waals surface area contributed by atoms with Gasteiger partial charge in [-0.25, -0.2) is 14.2 Å². The Morgan fingerprint density at radius 3 is 2.78 bits per heavy atom. The maximum absolute atomic E-state index is 16.0. The minimum atomic E-state index is -1.13. The van der Waals surface area contributed by atoms with E-state index < -0.39 is 23.2 Å². The second-order valence-corrected chi connectivity index (χ2v) is 12.4. The van der Waals surface area contributed by atoms with Gasteiger partial charge in [0.1, 0.15) is 22.3 Å². The average molecular weight is 592 g/mol. The second-order valence-electron chi connectivity index (χ2n) is 11.6. The van der Waals surface area contributed by atoms with E-state index in [1.165, 1.54) is 6.07 Å². The number of carbonyl (C=O) groups excluding carboxylic acids is 1. The van der Waals surface area contributed by atoms with Crippen LogP contribution in [0.25, 0.3) is 10.9 Å². The van der Waals surface area contributed by atoms with Crippen molar-refractivity contribution >= 4 is 51.8 Å². The third-order valence-corrected chi connectivity index (χ3v) is 9.90. The van der Waals surface area contributed by atoms with Crippen molar-refractivity contribution in [3.05, 3.63) is 86.9 Å². The van der Waals surface area contributed by atoms with E-state index in [9.17, 15) is 14.7 Å². The van der Waals surface area contributed by atoms with Crippen LogP contribution < -0.4 is 5.32 Å². The molecular formula is C30H24Cl2FN5O3. The smallest absolute Gasteiger partial charge is 0.335 e. The number of aromatic nitrogens is 3. The maximum Gasteiger partial charge on any atom is 0.335 e. The van der Waals surface area contributed by atoms with E-state index in [0.717, 1.165) is 29.5 Å². The van der Waals surface area contributed by atoms with E-state index >= 15 is 4.39 Å². The lowest BCUT2D eigenvalue weighted by atomic mass is 9.72. The van der Waals surface area contributed by atoms with Crippen molar-refractivity contribution in [1.82, 2.24) is 19.7 Å². The number of carboxylic acid groups (broad SMARTS) is 1. The molecule has 208 valence electrons. The van der Waals surface area contributed by atoms with Crippen LogP contribution in [0, 0.1) is 11.7 Å². The molecule has 2 aromatic heterocycles. The fourth-order valence-electron chi connectivity index (χ4n) is 7.50. The molecule has 1 spiro atoms. The molecule has 0 radical (unpaired) electrons. The van der Waals surface area contributed by atoms with Crippen molar-refractivity contribution in [3.8, 4) is 0 Å². The van der Waals surface area contributed by atoms with Crippen LogP contribution in [0.4, 0.5) is 10.2 Å². The normalized spacial score (nSPS) is 26.7. The van der Waals surface area contributed by atoms with Gasteiger partial charge in [0.15, 0.2) is 0 Å². The zero-order chi connectivity index (χ0) is 28.2. The highest BCUT2D eigenvalue weighted by molar-refractivity contribution is 6.30. The Labute approximate surface area is 244 Å². The Hall–Kier alpha value is -3.53. The Balaban J connectivity index is 1.37. The third kappa shape index (κ3) is 3.55. The molecule has 5 heterocycles. The van der Waals surface area contributed by atoms with Gasteiger partial charge in [0.25, 0.3) is 0 Å². The van der Waals surface area contributed by atoms with Gasteiger partial charge in [-0.2, -0.15) is 5.10 Å². The largest absolute Gasteiger partial charge is 0.478 e. The number of aromatic carboxylic acids is 1. The number of fused-ring (bicyclic) bond motifs is 6. The van der Waals surface area contributed by atoms with Crippen molar-refractivity contribution in [3.63, 3.8) is 0 Å². The highest BCUT2D eigenvalue weighted by Crippen LogP contribution is 2.60. The molecule has 1 saturated carbocycles. The zero-order valence-corrected chi connectivity index (χ0v) is 23.2. The molecule has 2 fully saturated rings. The molecule has 8 nitrogen and oxygen atoms in total. The SMILES string of the molecule is O=C(O)c1ccc2c3n(nc2c1)[C@@H]1[C@H](C3)N(CC2CC2)[C@]2(Cc3ccc(Cl)nc3NC2=O)[C@H]1c1cccc(Cl)c1F. The minimum Gasteiger partial charge on any atom is -0.478 e. The summed E-state index contributed by atoms with van der Waals surface area (Å²) in [4.78, 5) is 32.8. The summed E-state index contributed by atoms with van der Waals surface area (Å²) in [7, 11) is 0. The Bertz CT molecular complexity index is 1810. The predicted octanol–water partition coefficient (Wildman–Crippen LogP) is 5.48. The first-order chi connectivity index (χ1) is 19.8. The van der Waals surface area contributed by atoms with Gasteiger partial charge in [-0.05, 0) is 54.2 Å². The molecule has 4 aliphatic rings. The van der Waals surface area contributed by atoms with Crippen LogP contribution in [-0.4, -0.2) is 54.8 Å². The number of carbonyl (C=O) groups is 2. The van der Waals surface area contributed by atoms with Crippen LogP contribution in [-0.2, 0) is 17.6 Å². The van der Waals surface area contributed by atoms with E-state index in [1.54, 1.807) is 36.4 Å². The first kappa shape index (κ1) is 25.2. The lowest BCUT2D eigenvalue weighted by Gasteiger charge is -2.45. The topological polar surface area (TPSA) is 100 Å². The van der Waals surface area contributed by atoms with Crippen molar-refractivity contribution in [1.29, 1.82) is 0 Å². The van der Waals surface area contributed by atoms with Gasteiger partial charge in [0, 0.05) is 42.4 Å². The lowest BCUT2D eigenvalue weighted by molar-refractivity contribution is -0.129. The number of benzene rings is 2. The number of nitrogens with one attached hydrogen (secondary N) is 1. The molecule has 1 aliphatic carbocycles. The molecule has 0 unspecified atom stereocenters. The third-order valence-electron chi connectivity index (χ3n) is 9.39. The lowest BCUT2D eigenvalue weighted by Crippen LogP contribution is -2.61. The highest BCUT2D eigenvalue weighted by Gasteiger charge is 2.67. The van der Waals surface area contributed by atoms with Gasteiger partial charge in [-0.15, -0.1) is 0 Å². The molecular weight excluding hydrogens is 568 g/mol. The van der Waals surface area contributed by atoms with E-state index in [4.69, 9.17) is 28.3 Å². The first-order valence-corrected chi connectivity index (χ1v) is 14.4. The molecule has 1 amide bonds. The molecule has 3 aliphatic heterocycles. The number of hydrogen-bond acceptors (Lipinski definition) is 5. The average Bonchev–Trinajstić information content (AvgIpc) is 3.53. The molecule has 1 saturated heterocycles. The fraction of sp³-hybridized carbons (Fsp3) is 0.333. The summed E-state index contributed by atoms with van der Waals surface area (Å²) in [5.41, 5.74) is 1.74. The van der Waals surface area contributed by atoms with E-state index in [2.05, 4.69) is 15.2 Å². The van der Waals surface area contributed by atoms with Crippen molar-refractivity contribution < 1.29 is 19.1 Å². The molecule has 4 aromatic rings. The van der Waals surface area contributed by atoms with Crippen LogP contribution in [0.1, 0.15) is 52.0 Å². The molecule has 41 heavy (non-hydrogen) atoms. The van der Waals surface area contributed by atoms with Crippen molar-refractivity contribution in [2.75, 3.05) is 11.9 Å². The van der Waals surface area contributed by atoms with Gasteiger partial charge in [0.05, 0.1) is 22.1 Å². The Kier molecular flexibility index (Phi) is 5.37. The zero-order valence-electron chi connectivity index (χ0n) is 21.7. The van der Waals surface area contributed by atoms with Crippen LogP contribution in [0.15, 0.2) is 48.5 Å². The number of halogens is 3. The molecule has 4 atom stereocenters. The van der Waals surface area contributed by atoms with Gasteiger partial charge in [-0.1, -0.05) is 47.5 Å². The van der Waals surface area contributed by atoms with Crippen molar-refractivity contribution in [2.45, 2.75) is 49.2 Å². The summed E-state index contributed by atoms with van der Waals surface area (Å²) in [6.45, 7) is 0.704. The molecule has 11 heteroatoms. The Morgan fingerprint density at radius 1 is 1.17 bits per heavy atom. The van der Waals surface area contributed by atoms with Crippen LogP contribution in [0.2, 0.25) is 10.2 Å². The summed E-state index contributed by atoms with van der Waals surface area (Å²) in [6, 6.07) is 13.0. The van der Waals surface area contributed by atoms with Gasteiger partial charge in [-0.3, -0.25) is 14.4 Å². The number of nitrogens with zero attached hydrogens (tertiary/aromatic N) is 4. The molecule has 0 bridgehead atoms. The number of hydrogen-bond donors (Lipinski definition) is 2. The maximum atomic E-state index is 16.0. The standard InChI is InChI=1S/C30H24Cl2FN5O3/c31-19-3-1-2-18(25(19)33)24-26-22(11-21-17-8-6-15(28(39)40)10-20(17)36-38(21)26)37(13-14-4-5-14)30(24)12-16-7-9-23(32)34-27(16)35-29(30)41/h1-3,6-10,14,22,24,26H,4-5,11-13H2,(H,39,40)(H,34,35,41)/t22-,24-,26+,30+/m0/s1. The highest BCUT2D eigenvalue weighted by atomic mass is 35.5. The van der Waals surface area contributed by atoms with E-state index in [-0.39, 0.29) is 33.7 Å². The fourth-order valence-corrected chi connectivity index (χ4v) is 7.83. The number of amides is 1. The Morgan fingerprint density at radius 2 is 2.00 bits per heavy atom. The van der Waals surface area contributed by atoms with E-state index in [0.29, 0.717) is 42.2 Å². The monoisotopic (exact) mass is 591 g/mol. The molecule has 8 rings (SSSR count). The first-order valence-electron chi connectivity index (χ1n) is 13.7. The summed E-state index contributed by atoms with van der Waals surface area (Å²) in [5, 5.41) is 18.6. The molecule has 2 aromatic carbocycles. The summed E-state index contributed by atoms with van der Waals surface area (Å²) >= 11 is 12.5. The van der Waals surface area contributed by atoms with Gasteiger partial charge >= 0.3 is 5.97 Å². The van der Waals surface area contributed by atoms with Crippen LogP contribution in [0.3, 0.4) is 0 Å². The quantitative estimate of drug-likeness (QED) is 0.305. The number of carboxylic acids is 1.